The fourth-order valence-corrected chi connectivity index (χ4v) is 1.04. The predicted octanol–water partition coefficient (Wildman–Crippen LogP) is 1.16. The molecule has 3 nitrogen and oxygen atoms in total. The zero-order chi connectivity index (χ0) is 10.2. The first kappa shape index (κ1) is 10.8. The van der Waals surface area contributed by atoms with Gasteiger partial charge in [0.05, 0.1) is 6.54 Å². The highest BCUT2D eigenvalue weighted by Gasteiger charge is 1.92. The number of para-hydroxylation sites is 1. The largest absolute Gasteiger partial charge is 0.492 e. The van der Waals surface area contributed by atoms with E-state index < -0.39 is 0 Å². The quantitative estimate of drug-likeness (QED) is 0.577. The summed E-state index contributed by atoms with van der Waals surface area (Å²) in [5.41, 5.74) is 0. The number of thiocarbonyl (C=S) groups is 1. The molecule has 1 aromatic carbocycles. The zero-order valence-electron chi connectivity index (χ0n) is 8.12. The maximum absolute atomic E-state index is 5.45. The number of nitrogens with one attached hydrogen (secondary N) is 2. The van der Waals surface area contributed by atoms with Crippen LogP contribution in [0.5, 0.6) is 5.75 Å². The molecule has 0 fully saturated rings. The van der Waals surface area contributed by atoms with Crippen LogP contribution in [-0.4, -0.2) is 25.3 Å². The van der Waals surface area contributed by atoms with E-state index in [9.17, 15) is 0 Å². The Kier molecular flexibility index (Phi) is 4.78. The number of rotatable bonds is 4. The van der Waals surface area contributed by atoms with Gasteiger partial charge in [0, 0.05) is 7.05 Å². The van der Waals surface area contributed by atoms with Crippen LogP contribution >= 0.6 is 12.2 Å². The van der Waals surface area contributed by atoms with Crippen LogP contribution in [0.3, 0.4) is 0 Å². The van der Waals surface area contributed by atoms with Crippen LogP contribution in [0, 0.1) is 0 Å². The van der Waals surface area contributed by atoms with Gasteiger partial charge in [-0.05, 0) is 24.4 Å². The Bertz CT molecular complexity index is 277. The molecule has 0 aliphatic rings. The van der Waals surface area contributed by atoms with Crippen molar-refractivity contribution in [3.05, 3.63) is 30.3 Å². The molecule has 2 N–H and O–H groups in total. The summed E-state index contributed by atoms with van der Waals surface area (Å²) in [6.45, 7) is 1.31. The topological polar surface area (TPSA) is 33.3 Å². The minimum atomic E-state index is 0.603. The molecule has 0 heterocycles. The van der Waals surface area contributed by atoms with Crippen molar-refractivity contribution in [1.82, 2.24) is 10.6 Å². The summed E-state index contributed by atoms with van der Waals surface area (Å²) in [6.07, 6.45) is 0. The highest BCUT2D eigenvalue weighted by Crippen LogP contribution is 2.07. The highest BCUT2D eigenvalue weighted by atomic mass is 32.1. The molecule has 0 aliphatic heterocycles. The molecule has 0 atom stereocenters. The highest BCUT2D eigenvalue weighted by molar-refractivity contribution is 7.80. The molecular weight excluding hydrogens is 196 g/mol. The van der Waals surface area contributed by atoms with E-state index in [0.29, 0.717) is 18.3 Å². The monoisotopic (exact) mass is 210 g/mol. The molecule has 0 spiro atoms. The molecule has 1 rings (SSSR count). The molecule has 0 unspecified atom stereocenters. The summed E-state index contributed by atoms with van der Waals surface area (Å²) >= 11 is 4.91. The molecule has 14 heavy (non-hydrogen) atoms. The average molecular weight is 210 g/mol. The van der Waals surface area contributed by atoms with Crippen molar-refractivity contribution < 1.29 is 4.74 Å². The van der Waals surface area contributed by atoms with E-state index >= 15 is 0 Å². The standard InChI is InChI=1S/C10H14N2OS/c1-11-10(14)12-7-8-13-9-5-3-2-4-6-9/h2-6H,7-8H2,1H3,(H2,11,12,14). The first-order valence-electron chi connectivity index (χ1n) is 4.46. The van der Waals surface area contributed by atoms with Crippen LogP contribution in [0.2, 0.25) is 0 Å². The lowest BCUT2D eigenvalue weighted by molar-refractivity contribution is 0.322. The van der Waals surface area contributed by atoms with Gasteiger partial charge in [-0.3, -0.25) is 0 Å². The Labute approximate surface area is 89.5 Å². The molecule has 0 aliphatic carbocycles. The van der Waals surface area contributed by atoms with Gasteiger partial charge < -0.3 is 15.4 Å². The lowest BCUT2D eigenvalue weighted by atomic mass is 10.3. The van der Waals surface area contributed by atoms with Crippen molar-refractivity contribution in [2.75, 3.05) is 20.2 Å². The summed E-state index contributed by atoms with van der Waals surface area (Å²) in [7, 11) is 1.79. The van der Waals surface area contributed by atoms with E-state index in [0.717, 1.165) is 5.75 Å². The predicted molar refractivity (Wildman–Crippen MR) is 61.6 cm³/mol. The Hall–Kier alpha value is -1.29. The van der Waals surface area contributed by atoms with E-state index in [1.165, 1.54) is 0 Å². The van der Waals surface area contributed by atoms with Crippen molar-refractivity contribution >= 4 is 17.3 Å². The number of hydrogen-bond donors (Lipinski definition) is 2. The van der Waals surface area contributed by atoms with Crippen molar-refractivity contribution in [3.8, 4) is 5.75 Å². The lowest BCUT2D eigenvalue weighted by Crippen LogP contribution is -2.35. The normalized spacial score (nSPS) is 9.21. The molecule has 1 aromatic rings. The Morgan fingerprint density at radius 1 is 1.36 bits per heavy atom. The van der Waals surface area contributed by atoms with Crippen LogP contribution in [0.1, 0.15) is 0 Å². The number of hydrogen-bond acceptors (Lipinski definition) is 2. The minimum absolute atomic E-state index is 0.603. The van der Waals surface area contributed by atoms with Gasteiger partial charge in [0.2, 0.25) is 0 Å². The first-order chi connectivity index (χ1) is 6.83. The van der Waals surface area contributed by atoms with Crippen LogP contribution < -0.4 is 15.4 Å². The van der Waals surface area contributed by atoms with Crippen molar-refractivity contribution in [3.63, 3.8) is 0 Å². The van der Waals surface area contributed by atoms with Gasteiger partial charge in [-0.1, -0.05) is 18.2 Å². The SMILES string of the molecule is CNC(=S)NCCOc1ccccc1. The smallest absolute Gasteiger partial charge is 0.166 e. The van der Waals surface area contributed by atoms with Crippen LogP contribution in [-0.2, 0) is 0 Å². The first-order valence-corrected chi connectivity index (χ1v) is 4.87. The number of benzene rings is 1. The second-order valence-electron chi connectivity index (χ2n) is 2.67. The van der Waals surface area contributed by atoms with Gasteiger partial charge in [-0.15, -0.1) is 0 Å². The van der Waals surface area contributed by atoms with Gasteiger partial charge in [0.15, 0.2) is 5.11 Å². The maximum Gasteiger partial charge on any atom is 0.166 e. The molecule has 0 aromatic heterocycles. The third-order valence-corrected chi connectivity index (χ3v) is 1.98. The van der Waals surface area contributed by atoms with Gasteiger partial charge in [0.25, 0.3) is 0 Å². The van der Waals surface area contributed by atoms with Crippen molar-refractivity contribution in [1.29, 1.82) is 0 Å². The fourth-order valence-electron chi connectivity index (χ4n) is 0.939. The molecule has 0 saturated heterocycles. The second kappa shape index (κ2) is 6.21. The molecule has 0 amide bonds. The Morgan fingerprint density at radius 3 is 2.71 bits per heavy atom. The summed E-state index contributed by atoms with van der Waals surface area (Å²) < 4.78 is 5.45. The van der Waals surface area contributed by atoms with Crippen molar-refractivity contribution in [2.24, 2.45) is 0 Å². The van der Waals surface area contributed by atoms with E-state index in [2.05, 4.69) is 10.6 Å². The summed E-state index contributed by atoms with van der Waals surface area (Å²) in [5, 5.41) is 6.47. The molecule has 0 bridgehead atoms. The Balaban J connectivity index is 2.13. The maximum atomic E-state index is 5.45. The van der Waals surface area contributed by atoms with E-state index in [-0.39, 0.29) is 0 Å². The van der Waals surface area contributed by atoms with Crippen molar-refractivity contribution in [2.45, 2.75) is 0 Å². The molecule has 0 saturated carbocycles. The van der Waals surface area contributed by atoms with E-state index in [1.807, 2.05) is 30.3 Å². The average Bonchev–Trinajstić information content (AvgIpc) is 2.25. The number of ether oxygens (including phenoxy) is 1. The third kappa shape index (κ3) is 4.09. The van der Waals surface area contributed by atoms with E-state index in [1.54, 1.807) is 7.05 Å². The van der Waals surface area contributed by atoms with Gasteiger partial charge in [-0.25, -0.2) is 0 Å². The van der Waals surface area contributed by atoms with Gasteiger partial charge >= 0.3 is 0 Å². The minimum Gasteiger partial charge on any atom is -0.492 e. The summed E-state index contributed by atoms with van der Waals surface area (Å²) in [6, 6.07) is 9.70. The second-order valence-corrected chi connectivity index (χ2v) is 3.08. The van der Waals surface area contributed by atoms with Crippen LogP contribution in [0.25, 0.3) is 0 Å². The van der Waals surface area contributed by atoms with E-state index in [4.69, 9.17) is 17.0 Å². The summed E-state index contributed by atoms with van der Waals surface area (Å²) in [4.78, 5) is 0. The third-order valence-electron chi connectivity index (χ3n) is 1.63. The molecular formula is C10H14N2OS. The van der Waals surface area contributed by atoms with Gasteiger partial charge in [-0.2, -0.15) is 0 Å². The lowest BCUT2D eigenvalue weighted by Gasteiger charge is -2.08. The van der Waals surface area contributed by atoms with Crippen LogP contribution in [0.15, 0.2) is 30.3 Å². The molecule has 0 radical (unpaired) electrons. The molecule has 76 valence electrons. The molecule has 4 heteroatoms. The van der Waals surface area contributed by atoms with Gasteiger partial charge in [0.1, 0.15) is 12.4 Å². The zero-order valence-corrected chi connectivity index (χ0v) is 8.93. The summed E-state index contributed by atoms with van der Waals surface area (Å²) in [5.74, 6) is 0.879. The Morgan fingerprint density at radius 2 is 2.07 bits per heavy atom. The fraction of sp³-hybridized carbons (Fsp3) is 0.300. The van der Waals surface area contributed by atoms with Crippen LogP contribution in [0.4, 0.5) is 0 Å².